The second-order valence-electron chi connectivity index (χ2n) is 6.10. The van der Waals surface area contributed by atoms with E-state index in [1.54, 1.807) is 6.20 Å². The molecule has 0 bridgehead atoms. The Kier molecular flexibility index (Phi) is 10.4. The van der Waals surface area contributed by atoms with E-state index in [9.17, 15) is 0 Å². The van der Waals surface area contributed by atoms with Crippen LogP contribution in [0.25, 0.3) is 0 Å². The summed E-state index contributed by atoms with van der Waals surface area (Å²) < 4.78 is 0.847. The van der Waals surface area contributed by atoms with E-state index in [-0.39, 0.29) is 12.4 Å². The molecule has 0 N–H and O–H groups in total. The Labute approximate surface area is 182 Å². The number of aliphatic imine (C=N–C) groups is 2. The number of aryl methyl sites for hydroxylation is 2. The van der Waals surface area contributed by atoms with Crippen LogP contribution in [0.1, 0.15) is 30.5 Å². The van der Waals surface area contributed by atoms with Crippen molar-refractivity contribution in [2.45, 2.75) is 27.7 Å². The Balaban J connectivity index is 0.000000289. The molecular weight excluding hydrogens is 410 g/mol. The molecule has 3 nitrogen and oxygen atoms in total. The number of rotatable bonds is 3. The zero-order valence-electron chi connectivity index (χ0n) is 16.5. The van der Waals surface area contributed by atoms with Crippen molar-refractivity contribution in [2.75, 3.05) is 0 Å². The third-order valence-corrected chi connectivity index (χ3v) is 3.99. The smallest absolute Gasteiger partial charge is 1.00 e. The Morgan fingerprint density at radius 2 is 1.32 bits per heavy atom. The topological polar surface area (TPSA) is 37.6 Å². The summed E-state index contributed by atoms with van der Waals surface area (Å²) in [6.07, 6.45) is 3.60. The Morgan fingerprint density at radius 1 is 0.786 bits per heavy atom. The molecule has 0 atom stereocenters. The van der Waals surface area contributed by atoms with Gasteiger partial charge in [-0.05, 0) is 31.5 Å². The van der Waals surface area contributed by atoms with Crippen molar-refractivity contribution in [1.29, 1.82) is 0 Å². The molecule has 0 saturated carbocycles. The van der Waals surface area contributed by atoms with Gasteiger partial charge in [-0.25, -0.2) is 0 Å². The number of halogens is 1. The van der Waals surface area contributed by atoms with Crippen molar-refractivity contribution < 1.29 is 28.4 Å². The molecule has 3 aromatic rings. The van der Waals surface area contributed by atoms with Gasteiger partial charge in [-0.15, -0.1) is 0 Å². The molecule has 1 heterocycles. The summed E-state index contributed by atoms with van der Waals surface area (Å²) in [5.41, 5.74) is 6.46. The maximum absolute atomic E-state index is 4.61. The summed E-state index contributed by atoms with van der Waals surface area (Å²) in [4.78, 5) is 13.0. The molecule has 2 aromatic carbocycles. The van der Waals surface area contributed by atoms with Gasteiger partial charge in [0.2, 0.25) is 0 Å². The average molecular weight is 434 g/mol. The predicted molar refractivity (Wildman–Crippen MR) is 111 cm³/mol. The van der Waals surface area contributed by atoms with E-state index in [1.807, 2.05) is 81.6 Å². The minimum absolute atomic E-state index is 0. The first-order valence-electron chi connectivity index (χ1n) is 8.74. The van der Waals surface area contributed by atoms with Gasteiger partial charge in [-0.1, -0.05) is 24.3 Å². The summed E-state index contributed by atoms with van der Waals surface area (Å²) in [7, 11) is 0. The molecule has 0 aliphatic carbocycles. The second kappa shape index (κ2) is 12.2. The van der Waals surface area contributed by atoms with Crippen molar-refractivity contribution in [3.63, 3.8) is 0 Å². The van der Waals surface area contributed by atoms with Gasteiger partial charge < -0.3 is 12.4 Å². The van der Waals surface area contributed by atoms with Crippen LogP contribution in [0.3, 0.4) is 0 Å². The largest absolute Gasteiger partial charge is 1.00 e. The SMILES string of the molecule is CC(=Nc1ccccc1C)c1cccnc1.C[C]([Fe+])=Nc1ccccc1C.[Cl-]. The molecule has 5 heteroatoms. The average Bonchev–Trinajstić information content (AvgIpc) is 2.66. The fraction of sp³-hybridized carbons (Fsp3) is 0.174. The van der Waals surface area contributed by atoms with E-state index in [2.05, 4.69) is 44.0 Å². The summed E-state index contributed by atoms with van der Waals surface area (Å²) in [5, 5.41) is 0. The summed E-state index contributed by atoms with van der Waals surface area (Å²) in [6, 6.07) is 20.1. The summed E-state index contributed by atoms with van der Waals surface area (Å²) in [5.74, 6) is 0. The Hall–Kier alpha value is -2.26. The number of para-hydroxylation sites is 2. The van der Waals surface area contributed by atoms with Crippen LogP contribution in [0, 0.1) is 13.8 Å². The number of benzene rings is 2. The molecule has 0 radical (unpaired) electrons. The molecule has 0 saturated heterocycles. The molecule has 0 amide bonds. The first-order chi connectivity index (χ1) is 13.0. The summed E-state index contributed by atoms with van der Waals surface area (Å²) >= 11 is 3.72. The van der Waals surface area contributed by atoms with Gasteiger partial charge in [0, 0.05) is 23.7 Å². The van der Waals surface area contributed by atoms with Crippen molar-refractivity contribution in [3.8, 4) is 0 Å². The van der Waals surface area contributed by atoms with Crippen molar-refractivity contribution in [2.24, 2.45) is 9.98 Å². The van der Waals surface area contributed by atoms with Crippen LogP contribution in [0.5, 0.6) is 0 Å². The number of aromatic nitrogens is 1. The molecule has 0 unspecified atom stereocenters. The second-order valence-corrected chi connectivity index (χ2v) is 6.90. The molecule has 3 rings (SSSR count). The first kappa shape index (κ1) is 23.8. The van der Waals surface area contributed by atoms with E-state index in [1.165, 1.54) is 11.1 Å². The van der Waals surface area contributed by atoms with Gasteiger partial charge >= 0.3 is 75.0 Å². The molecule has 146 valence electrons. The predicted octanol–water partition coefficient (Wildman–Crippen LogP) is 3.13. The Morgan fingerprint density at radius 3 is 1.79 bits per heavy atom. The molecule has 0 fully saturated rings. The van der Waals surface area contributed by atoms with Crippen LogP contribution in [-0.4, -0.2) is 15.3 Å². The number of hydrogen-bond donors (Lipinski definition) is 0. The van der Waals surface area contributed by atoms with E-state index >= 15 is 0 Å². The standard InChI is InChI=1S/C14H14N2.C9H10N.ClH.Fe/c1-11-6-3-4-8-14(11)16-12(2)13-7-5-9-15-10-13;1-3-10-9-7-5-4-6-8(9)2;;/h3-10H,1-2H3;4-7H,1-2H3;1H;/q;;;+1/p-1. The monoisotopic (exact) mass is 433 g/mol. The number of nitrogens with zero attached hydrogens (tertiary/aromatic N) is 3. The third-order valence-electron chi connectivity index (χ3n) is 3.87. The molecule has 28 heavy (non-hydrogen) atoms. The van der Waals surface area contributed by atoms with Gasteiger partial charge in [0.25, 0.3) is 0 Å². The van der Waals surface area contributed by atoms with Gasteiger partial charge in [0.1, 0.15) is 0 Å². The fourth-order valence-electron chi connectivity index (χ4n) is 2.36. The van der Waals surface area contributed by atoms with Crippen LogP contribution in [0.15, 0.2) is 83.0 Å². The van der Waals surface area contributed by atoms with Crippen LogP contribution in [-0.2, 0) is 16.0 Å². The first-order valence-corrected chi connectivity index (χ1v) is 9.29. The van der Waals surface area contributed by atoms with Gasteiger partial charge in [0.05, 0.1) is 5.69 Å². The molecule has 0 aliphatic rings. The Bertz CT molecular complexity index is 933. The quantitative estimate of drug-likeness (QED) is 0.462. The zero-order valence-corrected chi connectivity index (χ0v) is 18.4. The number of pyridine rings is 1. The van der Waals surface area contributed by atoms with Crippen molar-refractivity contribution in [1.82, 2.24) is 4.98 Å². The van der Waals surface area contributed by atoms with Crippen molar-refractivity contribution >= 4 is 21.7 Å². The van der Waals surface area contributed by atoms with Crippen LogP contribution >= 0.6 is 0 Å². The van der Waals surface area contributed by atoms with E-state index < -0.39 is 0 Å². The molecular formula is C23H24ClFeN3. The maximum Gasteiger partial charge on any atom is -1.00 e. The van der Waals surface area contributed by atoms with Crippen LogP contribution < -0.4 is 12.4 Å². The van der Waals surface area contributed by atoms with Crippen molar-refractivity contribution in [3.05, 3.63) is 89.7 Å². The van der Waals surface area contributed by atoms with Gasteiger partial charge in [-0.2, -0.15) is 0 Å². The molecule has 0 spiro atoms. The fourth-order valence-corrected chi connectivity index (χ4v) is 2.50. The van der Waals surface area contributed by atoms with Gasteiger partial charge in [0.15, 0.2) is 0 Å². The van der Waals surface area contributed by atoms with E-state index in [0.29, 0.717) is 0 Å². The minimum atomic E-state index is 0. The molecule has 1 aromatic heterocycles. The van der Waals surface area contributed by atoms with E-state index in [4.69, 9.17) is 0 Å². The number of hydrogen-bond acceptors (Lipinski definition) is 3. The normalized spacial score (nSPS) is 11.2. The maximum atomic E-state index is 4.61. The minimum Gasteiger partial charge on any atom is -1.00 e. The summed E-state index contributed by atoms with van der Waals surface area (Å²) in [6.45, 7) is 8.01. The van der Waals surface area contributed by atoms with Crippen LogP contribution in [0.2, 0.25) is 0 Å². The zero-order chi connectivity index (χ0) is 19.6. The third kappa shape index (κ3) is 7.77. The van der Waals surface area contributed by atoms with E-state index in [0.717, 1.165) is 27.3 Å². The van der Waals surface area contributed by atoms with Crippen LogP contribution in [0.4, 0.5) is 11.4 Å². The molecule has 0 aliphatic heterocycles. The van der Waals surface area contributed by atoms with Gasteiger partial charge in [-0.3, -0.25) is 9.98 Å².